The summed E-state index contributed by atoms with van der Waals surface area (Å²) >= 11 is 0. The summed E-state index contributed by atoms with van der Waals surface area (Å²) in [5.74, 6) is 0. The minimum absolute atomic E-state index is 0.223. The molecule has 0 radical (unpaired) electrons. The zero-order chi connectivity index (χ0) is 11.3. The minimum atomic E-state index is 0.223. The third-order valence-electron chi connectivity index (χ3n) is 2.28. The highest BCUT2D eigenvalue weighted by molar-refractivity contribution is 5.39. The van der Waals surface area contributed by atoms with Crippen LogP contribution in [0, 0.1) is 0 Å². The lowest BCUT2D eigenvalue weighted by Crippen LogP contribution is -2.36. The number of nitrogens with one attached hydrogen (secondary N) is 1. The Morgan fingerprint density at radius 1 is 1.13 bits per heavy atom. The fourth-order valence-electron chi connectivity index (χ4n) is 1.44. The number of nitrogens with two attached hydrogens (primary N) is 1. The van der Waals surface area contributed by atoms with E-state index in [0.29, 0.717) is 0 Å². The first-order chi connectivity index (χ1) is 6.97. The van der Waals surface area contributed by atoms with E-state index in [4.69, 9.17) is 5.73 Å². The topological polar surface area (TPSA) is 38.0 Å². The molecular formula is C13H22N2. The number of hydrogen-bond acceptors (Lipinski definition) is 2. The van der Waals surface area contributed by atoms with E-state index in [2.05, 4.69) is 38.2 Å². The number of benzene rings is 1. The second-order valence-electron chi connectivity index (χ2n) is 5.02. The van der Waals surface area contributed by atoms with E-state index in [0.717, 1.165) is 18.7 Å². The normalized spacial score (nSPS) is 11.7. The van der Waals surface area contributed by atoms with Crippen LogP contribution in [-0.4, -0.2) is 12.1 Å². The van der Waals surface area contributed by atoms with Crippen molar-refractivity contribution in [2.75, 3.05) is 12.3 Å². The van der Waals surface area contributed by atoms with E-state index >= 15 is 0 Å². The lowest BCUT2D eigenvalue weighted by Gasteiger charge is -2.20. The van der Waals surface area contributed by atoms with Crippen molar-refractivity contribution in [2.24, 2.45) is 0 Å². The van der Waals surface area contributed by atoms with Gasteiger partial charge in [0.1, 0.15) is 0 Å². The van der Waals surface area contributed by atoms with Crippen molar-refractivity contribution >= 4 is 5.69 Å². The van der Waals surface area contributed by atoms with Gasteiger partial charge in [0.25, 0.3) is 0 Å². The summed E-state index contributed by atoms with van der Waals surface area (Å²) in [6.07, 6.45) is 2.28. The highest BCUT2D eigenvalue weighted by Gasteiger charge is 2.06. The largest absolute Gasteiger partial charge is 0.399 e. The highest BCUT2D eigenvalue weighted by atomic mass is 14.9. The maximum atomic E-state index is 5.63. The van der Waals surface area contributed by atoms with E-state index in [9.17, 15) is 0 Å². The summed E-state index contributed by atoms with van der Waals surface area (Å²) in [5, 5.41) is 3.48. The third kappa shape index (κ3) is 5.43. The van der Waals surface area contributed by atoms with Crippen molar-refractivity contribution in [3.05, 3.63) is 29.8 Å². The molecule has 2 nitrogen and oxygen atoms in total. The number of aryl methyl sites for hydroxylation is 1. The Morgan fingerprint density at radius 2 is 1.73 bits per heavy atom. The monoisotopic (exact) mass is 206 g/mol. The Labute approximate surface area is 92.9 Å². The Morgan fingerprint density at radius 3 is 2.27 bits per heavy atom. The molecule has 0 saturated carbocycles. The third-order valence-corrected chi connectivity index (χ3v) is 2.28. The molecule has 0 heterocycles. The van der Waals surface area contributed by atoms with Crippen LogP contribution in [0.4, 0.5) is 5.69 Å². The molecule has 0 amide bonds. The van der Waals surface area contributed by atoms with Gasteiger partial charge in [-0.1, -0.05) is 12.1 Å². The van der Waals surface area contributed by atoms with Crippen LogP contribution in [0.5, 0.6) is 0 Å². The summed E-state index contributed by atoms with van der Waals surface area (Å²) in [5.41, 5.74) is 8.05. The van der Waals surface area contributed by atoms with Crippen LogP contribution in [0.3, 0.4) is 0 Å². The van der Waals surface area contributed by atoms with Crippen LogP contribution in [0.25, 0.3) is 0 Å². The minimum Gasteiger partial charge on any atom is -0.399 e. The average molecular weight is 206 g/mol. The van der Waals surface area contributed by atoms with Crippen molar-refractivity contribution in [1.29, 1.82) is 0 Å². The lowest BCUT2D eigenvalue weighted by atomic mass is 10.1. The predicted octanol–water partition coefficient (Wildman–Crippen LogP) is 2.59. The molecule has 0 aliphatic rings. The molecule has 0 saturated heterocycles. The SMILES string of the molecule is CC(C)(C)NCCCc1ccc(N)cc1. The Bertz CT molecular complexity index is 282. The van der Waals surface area contributed by atoms with Gasteiger partial charge in [-0.25, -0.2) is 0 Å². The summed E-state index contributed by atoms with van der Waals surface area (Å²) in [6.45, 7) is 7.64. The van der Waals surface area contributed by atoms with Gasteiger partial charge in [-0.2, -0.15) is 0 Å². The zero-order valence-electron chi connectivity index (χ0n) is 10.0. The highest BCUT2D eigenvalue weighted by Crippen LogP contribution is 2.07. The van der Waals surface area contributed by atoms with E-state index in [-0.39, 0.29) is 5.54 Å². The number of nitrogen functional groups attached to an aromatic ring is 1. The molecule has 0 aliphatic heterocycles. The standard InChI is InChI=1S/C13H22N2/c1-13(2,3)15-10-4-5-11-6-8-12(14)9-7-11/h6-9,15H,4-5,10,14H2,1-3H3. The molecule has 1 aromatic rings. The van der Waals surface area contributed by atoms with Gasteiger partial charge in [0.05, 0.1) is 0 Å². The van der Waals surface area contributed by atoms with Gasteiger partial charge < -0.3 is 11.1 Å². The molecule has 0 bridgehead atoms. The second kappa shape index (κ2) is 5.17. The fraction of sp³-hybridized carbons (Fsp3) is 0.538. The van der Waals surface area contributed by atoms with Crippen LogP contribution in [0.2, 0.25) is 0 Å². The summed E-state index contributed by atoms with van der Waals surface area (Å²) in [4.78, 5) is 0. The summed E-state index contributed by atoms with van der Waals surface area (Å²) < 4.78 is 0. The van der Waals surface area contributed by atoms with E-state index in [1.54, 1.807) is 0 Å². The van der Waals surface area contributed by atoms with Crippen LogP contribution in [-0.2, 0) is 6.42 Å². The molecule has 0 unspecified atom stereocenters. The first-order valence-electron chi connectivity index (χ1n) is 5.57. The smallest absolute Gasteiger partial charge is 0.0314 e. The quantitative estimate of drug-likeness (QED) is 0.587. The van der Waals surface area contributed by atoms with E-state index < -0.39 is 0 Å². The van der Waals surface area contributed by atoms with Crippen molar-refractivity contribution < 1.29 is 0 Å². The van der Waals surface area contributed by atoms with Crippen LogP contribution >= 0.6 is 0 Å². The van der Waals surface area contributed by atoms with Gasteiger partial charge in [-0.15, -0.1) is 0 Å². The average Bonchev–Trinajstić information content (AvgIpc) is 2.14. The Kier molecular flexibility index (Phi) is 4.15. The lowest BCUT2D eigenvalue weighted by molar-refractivity contribution is 0.422. The molecule has 0 spiro atoms. The Balaban J connectivity index is 2.23. The molecule has 1 rings (SSSR count). The first kappa shape index (κ1) is 12.1. The molecule has 0 fully saturated rings. The van der Waals surface area contributed by atoms with Gasteiger partial charge in [0.2, 0.25) is 0 Å². The van der Waals surface area contributed by atoms with Crippen molar-refractivity contribution in [2.45, 2.75) is 39.2 Å². The van der Waals surface area contributed by atoms with Crippen molar-refractivity contribution in [3.8, 4) is 0 Å². The maximum Gasteiger partial charge on any atom is 0.0314 e. The molecule has 15 heavy (non-hydrogen) atoms. The maximum absolute atomic E-state index is 5.63. The predicted molar refractivity (Wildman–Crippen MR) is 66.9 cm³/mol. The fourth-order valence-corrected chi connectivity index (χ4v) is 1.44. The van der Waals surface area contributed by atoms with Crippen LogP contribution < -0.4 is 11.1 Å². The van der Waals surface area contributed by atoms with Crippen LogP contribution in [0.1, 0.15) is 32.8 Å². The van der Waals surface area contributed by atoms with E-state index in [1.165, 1.54) is 12.0 Å². The number of anilines is 1. The molecule has 84 valence electrons. The Hall–Kier alpha value is -1.02. The molecule has 0 aromatic heterocycles. The van der Waals surface area contributed by atoms with Gasteiger partial charge in [-0.3, -0.25) is 0 Å². The molecule has 1 aromatic carbocycles. The van der Waals surface area contributed by atoms with Gasteiger partial charge in [-0.05, 0) is 57.9 Å². The first-order valence-corrected chi connectivity index (χ1v) is 5.57. The molecular weight excluding hydrogens is 184 g/mol. The summed E-state index contributed by atoms with van der Waals surface area (Å²) in [6, 6.07) is 8.14. The molecule has 3 N–H and O–H groups in total. The second-order valence-corrected chi connectivity index (χ2v) is 5.02. The van der Waals surface area contributed by atoms with Crippen LogP contribution in [0.15, 0.2) is 24.3 Å². The number of hydrogen-bond donors (Lipinski definition) is 2. The molecule has 0 atom stereocenters. The molecule has 2 heteroatoms. The van der Waals surface area contributed by atoms with Crippen molar-refractivity contribution in [3.63, 3.8) is 0 Å². The zero-order valence-corrected chi connectivity index (χ0v) is 10.0. The van der Waals surface area contributed by atoms with Gasteiger partial charge >= 0.3 is 0 Å². The van der Waals surface area contributed by atoms with Gasteiger partial charge in [0.15, 0.2) is 0 Å². The summed E-state index contributed by atoms with van der Waals surface area (Å²) in [7, 11) is 0. The number of rotatable bonds is 4. The van der Waals surface area contributed by atoms with E-state index in [1.807, 2.05) is 12.1 Å². The van der Waals surface area contributed by atoms with Crippen molar-refractivity contribution in [1.82, 2.24) is 5.32 Å². The molecule has 0 aliphatic carbocycles. The van der Waals surface area contributed by atoms with Gasteiger partial charge in [0, 0.05) is 11.2 Å².